The van der Waals surface area contributed by atoms with Crippen LogP contribution in [0.3, 0.4) is 0 Å². The fourth-order valence-electron chi connectivity index (χ4n) is 2.19. The van der Waals surface area contributed by atoms with E-state index in [-0.39, 0.29) is 0 Å². The predicted octanol–water partition coefficient (Wildman–Crippen LogP) is 1.66. The predicted molar refractivity (Wildman–Crippen MR) is 73.8 cm³/mol. The number of rotatable bonds is 3. The summed E-state index contributed by atoms with van der Waals surface area (Å²) in [5, 5.41) is 0. The highest BCUT2D eigenvalue weighted by molar-refractivity contribution is 5.77. The van der Waals surface area contributed by atoms with Crippen molar-refractivity contribution in [3.05, 3.63) is 42.5 Å². The van der Waals surface area contributed by atoms with Gasteiger partial charge < -0.3 is 5.43 Å². The SMILES string of the molecule is CCc1c(NN)ncnc1-n1cnc2ccccc21. The molecule has 6 nitrogen and oxygen atoms in total. The van der Waals surface area contributed by atoms with E-state index in [4.69, 9.17) is 5.84 Å². The molecule has 0 aliphatic carbocycles. The van der Waals surface area contributed by atoms with E-state index >= 15 is 0 Å². The monoisotopic (exact) mass is 254 g/mol. The van der Waals surface area contributed by atoms with Crippen molar-refractivity contribution in [3.8, 4) is 5.82 Å². The van der Waals surface area contributed by atoms with Gasteiger partial charge in [-0.1, -0.05) is 19.1 Å². The Morgan fingerprint density at radius 1 is 1.21 bits per heavy atom. The summed E-state index contributed by atoms with van der Waals surface area (Å²) in [6, 6.07) is 7.93. The van der Waals surface area contributed by atoms with E-state index in [1.54, 1.807) is 6.33 Å². The van der Waals surface area contributed by atoms with Crippen molar-refractivity contribution in [2.75, 3.05) is 5.43 Å². The Morgan fingerprint density at radius 2 is 2.05 bits per heavy atom. The van der Waals surface area contributed by atoms with E-state index in [0.29, 0.717) is 5.82 Å². The minimum absolute atomic E-state index is 0.644. The van der Waals surface area contributed by atoms with Gasteiger partial charge in [0.1, 0.15) is 24.3 Å². The van der Waals surface area contributed by atoms with Crippen LogP contribution in [-0.2, 0) is 6.42 Å². The fourth-order valence-corrected chi connectivity index (χ4v) is 2.19. The Labute approximate surface area is 110 Å². The third kappa shape index (κ3) is 1.82. The topological polar surface area (TPSA) is 81.6 Å². The Morgan fingerprint density at radius 3 is 2.84 bits per heavy atom. The van der Waals surface area contributed by atoms with Crippen LogP contribution in [0.4, 0.5) is 5.82 Å². The van der Waals surface area contributed by atoms with E-state index < -0.39 is 0 Å². The number of nitrogen functional groups attached to an aromatic ring is 1. The van der Waals surface area contributed by atoms with Gasteiger partial charge in [-0.15, -0.1) is 0 Å². The quantitative estimate of drug-likeness (QED) is 0.548. The van der Waals surface area contributed by atoms with Crippen molar-refractivity contribution < 1.29 is 0 Å². The van der Waals surface area contributed by atoms with Crippen LogP contribution < -0.4 is 11.3 Å². The minimum atomic E-state index is 0.644. The molecule has 19 heavy (non-hydrogen) atoms. The second-order valence-corrected chi connectivity index (χ2v) is 4.13. The van der Waals surface area contributed by atoms with E-state index in [1.807, 2.05) is 35.8 Å². The molecule has 0 aliphatic heterocycles. The summed E-state index contributed by atoms with van der Waals surface area (Å²) >= 11 is 0. The summed E-state index contributed by atoms with van der Waals surface area (Å²) in [4.78, 5) is 12.9. The van der Waals surface area contributed by atoms with Crippen LogP contribution in [0, 0.1) is 0 Å². The second kappa shape index (κ2) is 4.66. The number of hydrogen-bond acceptors (Lipinski definition) is 5. The molecule has 0 saturated heterocycles. The normalized spacial score (nSPS) is 10.8. The number of anilines is 1. The number of benzene rings is 1. The molecular weight excluding hydrogens is 240 g/mol. The van der Waals surface area contributed by atoms with E-state index in [9.17, 15) is 0 Å². The molecule has 0 unspecified atom stereocenters. The largest absolute Gasteiger partial charge is 0.308 e. The van der Waals surface area contributed by atoms with Crippen molar-refractivity contribution in [1.29, 1.82) is 0 Å². The third-order valence-corrected chi connectivity index (χ3v) is 3.09. The number of hydrogen-bond donors (Lipinski definition) is 2. The smallest absolute Gasteiger partial charge is 0.148 e. The highest BCUT2D eigenvalue weighted by Crippen LogP contribution is 2.22. The van der Waals surface area contributed by atoms with E-state index in [0.717, 1.165) is 28.8 Å². The van der Waals surface area contributed by atoms with E-state index in [1.165, 1.54) is 6.33 Å². The van der Waals surface area contributed by atoms with Crippen molar-refractivity contribution in [2.45, 2.75) is 13.3 Å². The first-order valence-electron chi connectivity index (χ1n) is 6.08. The Hall–Kier alpha value is -2.47. The molecule has 2 aromatic heterocycles. The first-order valence-corrected chi connectivity index (χ1v) is 6.08. The zero-order chi connectivity index (χ0) is 13.2. The molecule has 1 aromatic carbocycles. The molecule has 96 valence electrons. The summed E-state index contributed by atoms with van der Waals surface area (Å²) < 4.78 is 1.96. The zero-order valence-electron chi connectivity index (χ0n) is 10.5. The highest BCUT2D eigenvalue weighted by atomic mass is 15.3. The zero-order valence-corrected chi connectivity index (χ0v) is 10.5. The molecule has 0 spiro atoms. The van der Waals surface area contributed by atoms with Crippen LogP contribution in [0.25, 0.3) is 16.9 Å². The van der Waals surface area contributed by atoms with Crippen molar-refractivity contribution in [1.82, 2.24) is 19.5 Å². The molecule has 0 radical (unpaired) electrons. The number of imidazole rings is 1. The number of nitrogens with zero attached hydrogens (tertiary/aromatic N) is 4. The molecular formula is C13H14N6. The van der Waals surface area contributed by atoms with Crippen LogP contribution in [0.5, 0.6) is 0 Å². The average molecular weight is 254 g/mol. The number of aromatic nitrogens is 4. The first kappa shape index (κ1) is 11.6. The van der Waals surface area contributed by atoms with Gasteiger partial charge in [-0.25, -0.2) is 20.8 Å². The van der Waals surface area contributed by atoms with E-state index in [2.05, 4.69) is 20.4 Å². The summed E-state index contributed by atoms with van der Waals surface area (Å²) in [5.74, 6) is 6.94. The molecule has 3 rings (SSSR count). The Bertz CT molecular complexity index is 718. The molecule has 0 bridgehead atoms. The maximum absolute atomic E-state index is 5.50. The number of nitrogens with two attached hydrogens (primary N) is 1. The highest BCUT2D eigenvalue weighted by Gasteiger charge is 2.12. The van der Waals surface area contributed by atoms with Crippen LogP contribution >= 0.6 is 0 Å². The number of fused-ring (bicyclic) bond motifs is 1. The Balaban J connectivity index is 2.27. The van der Waals surface area contributed by atoms with Crippen molar-refractivity contribution >= 4 is 16.9 Å². The number of hydrazine groups is 1. The lowest BCUT2D eigenvalue weighted by Crippen LogP contribution is -2.14. The minimum Gasteiger partial charge on any atom is -0.308 e. The first-order chi connectivity index (χ1) is 9.35. The molecule has 0 aliphatic rings. The second-order valence-electron chi connectivity index (χ2n) is 4.13. The lowest BCUT2D eigenvalue weighted by Gasteiger charge is -2.11. The van der Waals surface area contributed by atoms with Crippen molar-refractivity contribution in [2.24, 2.45) is 5.84 Å². The number of para-hydroxylation sites is 2. The van der Waals surface area contributed by atoms with Gasteiger partial charge in [-0.3, -0.25) is 4.57 Å². The summed E-state index contributed by atoms with van der Waals surface area (Å²) in [7, 11) is 0. The fraction of sp³-hybridized carbons (Fsp3) is 0.154. The van der Waals surface area contributed by atoms with Gasteiger partial charge in [0.15, 0.2) is 0 Å². The molecule has 0 fully saturated rings. The molecule has 0 amide bonds. The summed E-state index contributed by atoms with van der Waals surface area (Å²) in [5.41, 5.74) is 5.53. The van der Waals surface area contributed by atoms with Gasteiger partial charge in [-0.05, 0) is 18.6 Å². The average Bonchev–Trinajstić information content (AvgIpc) is 2.90. The van der Waals surface area contributed by atoms with Gasteiger partial charge in [0.2, 0.25) is 0 Å². The van der Waals surface area contributed by atoms with Gasteiger partial charge in [0.25, 0.3) is 0 Å². The molecule has 2 heterocycles. The van der Waals surface area contributed by atoms with Gasteiger partial charge in [0.05, 0.1) is 11.0 Å². The Kier molecular flexibility index (Phi) is 2.85. The lowest BCUT2D eigenvalue weighted by molar-refractivity contribution is 0.936. The van der Waals surface area contributed by atoms with Gasteiger partial charge in [0, 0.05) is 5.56 Å². The molecule has 3 N–H and O–H groups in total. The van der Waals surface area contributed by atoms with Crippen LogP contribution in [0.1, 0.15) is 12.5 Å². The van der Waals surface area contributed by atoms with Gasteiger partial charge >= 0.3 is 0 Å². The summed E-state index contributed by atoms with van der Waals surface area (Å²) in [6.07, 6.45) is 4.05. The van der Waals surface area contributed by atoms with Crippen LogP contribution in [-0.4, -0.2) is 19.5 Å². The van der Waals surface area contributed by atoms with Gasteiger partial charge in [-0.2, -0.15) is 0 Å². The van der Waals surface area contributed by atoms with Crippen molar-refractivity contribution in [3.63, 3.8) is 0 Å². The third-order valence-electron chi connectivity index (χ3n) is 3.09. The maximum Gasteiger partial charge on any atom is 0.148 e. The molecule has 0 saturated carbocycles. The standard InChI is InChI=1S/C13H14N6/c1-2-9-12(18-14)15-7-16-13(9)19-8-17-10-5-3-4-6-11(10)19/h3-8H,2,14H2,1H3,(H,15,16,18). The lowest BCUT2D eigenvalue weighted by atomic mass is 10.2. The number of nitrogens with one attached hydrogen (secondary N) is 1. The molecule has 0 atom stereocenters. The molecule has 6 heteroatoms. The maximum atomic E-state index is 5.50. The summed E-state index contributed by atoms with van der Waals surface area (Å²) in [6.45, 7) is 2.04. The van der Waals surface area contributed by atoms with Crippen LogP contribution in [0.15, 0.2) is 36.9 Å². The molecule has 3 aromatic rings. The van der Waals surface area contributed by atoms with Crippen LogP contribution in [0.2, 0.25) is 0 Å².